The number of amides is 10. The van der Waals surface area contributed by atoms with Gasteiger partial charge >= 0.3 is 5.97 Å². The molecular weight excluding hydrogens is 1500 g/mol. The number of carboxylic acids is 1. The molecule has 3 saturated heterocycles. The SMILES string of the molecule is CC(=O)NC1C(O)[C@H](O)C(CO)O[C@H]1OCCCCC(=O)NCCCNC(=O)CCOCC(COCCC(=O)NCCCNC(=O)CCCCO[C@@H]1OC(CO)[C@@H](O)C(O)C1NC(C)=O)(COCCC(=O)NCCCNC(=O)CCCCO[C@@H]1OC(CO)[C@H](O)C(O)C1NC(C)=O)NC(=O)CCCCCCCCCCC(=O)O. The van der Waals surface area contributed by atoms with Gasteiger partial charge in [0.05, 0.1) is 59.5 Å². The minimum absolute atomic E-state index is 0.0755. The molecule has 40 nitrogen and oxygen atoms in total. The zero-order valence-electron chi connectivity index (χ0n) is 65.7. The Balaban J connectivity index is 1.55. The second-order valence-electron chi connectivity index (χ2n) is 28.4. The van der Waals surface area contributed by atoms with Crippen LogP contribution in [0.25, 0.3) is 0 Å². The van der Waals surface area contributed by atoms with Crippen LogP contribution >= 0.6 is 0 Å². The molecule has 113 heavy (non-hydrogen) atoms. The number of hydrogen-bond donors (Lipinski definition) is 20. The standard InChI is InChI=1S/C73H130N10O30/c1-47(87)80-61-67(102)64(99)50(41-84)111-70(61)108-35-15-12-21-53(90)74-29-18-32-77-56(93)26-38-105-44-73(83-59(96)24-10-8-6-4-5-7-9-11-25-60(97)98,45-106-39-27-57(94)78-33-19-30-75-54(91)22-13-16-36-109-71-62(81-48(2)88)68(103)65(100)51(42-85)112-71)46-107-40-28-58(95)79-34-20-31-76-55(92)23-14-17-37-110-72-63(82-49(3)89)69(104)66(101)52(43-86)113-72/h50-52,61-72,84-86,99-104H,4-46H2,1-3H3,(H,74,90)(H,75,91)(H,76,92)(H,77,93)(H,78,94)(H,79,95)(H,80,87)(H,81,88)(H,82,89)(H,83,96)(H,97,98)/t50?,51?,52?,61?,62?,63?,64-,65-,66+,67?,68?,69?,70-,71-,72-,73?/m1/s1. The minimum atomic E-state index is -1.46. The summed E-state index contributed by atoms with van der Waals surface area (Å²) >= 11 is 0. The molecule has 10 amide bonds. The molecule has 0 spiro atoms. The summed E-state index contributed by atoms with van der Waals surface area (Å²) in [6.07, 6.45) is -5.59. The highest BCUT2D eigenvalue weighted by molar-refractivity contribution is 5.79. The fraction of sp³-hybridized carbons (Fsp3) is 0.849. The minimum Gasteiger partial charge on any atom is -0.481 e. The van der Waals surface area contributed by atoms with E-state index in [1.165, 1.54) is 20.8 Å². The van der Waals surface area contributed by atoms with Crippen molar-refractivity contribution in [3.8, 4) is 0 Å². The smallest absolute Gasteiger partial charge is 0.303 e. The van der Waals surface area contributed by atoms with E-state index < -0.39 is 141 Å². The van der Waals surface area contributed by atoms with E-state index >= 15 is 0 Å². The lowest BCUT2D eigenvalue weighted by Crippen LogP contribution is -2.64. The lowest BCUT2D eigenvalue weighted by molar-refractivity contribution is -0.270. The largest absolute Gasteiger partial charge is 0.481 e. The Morgan fingerprint density at radius 3 is 0.823 bits per heavy atom. The molecule has 0 aromatic heterocycles. The van der Waals surface area contributed by atoms with E-state index in [1.54, 1.807) is 0 Å². The molecule has 20 N–H and O–H groups in total. The Labute approximate surface area is 659 Å². The average Bonchev–Trinajstić information content (AvgIpc) is 0.821. The van der Waals surface area contributed by atoms with E-state index in [4.69, 9.17) is 47.7 Å². The van der Waals surface area contributed by atoms with E-state index in [1.807, 2.05) is 0 Å². The predicted octanol–water partition coefficient (Wildman–Crippen LogP) is -4.69. The van der Waals surface area contributed by atoms with E-state index in [0.29, 0.717) is 70.6 Å². The Hall–Kier alpha value is -6.55. The number of hydrogen-bond acceptors (Lipinski definition) is 29. The van der Waals surface area contributed by atoms with Crippen molar-refractivity contribution in [2.75, 3.05) is 119 Å². The first-order valence-electron chi connectivity index (χ1n) is 39.5. The molecule has 0 aliphatic carbocycles. The molecule has 3 heterocycles. The van der Waals surface area contributed by atoms with Crippen molar-refractivity contribution in [2.24, 2.45) is 0 Å². The number of aliphatic carboxylic acids is 1. The maximum absolute atomic E-state index is 13.9. The van der Waals surface area contributed by atoms with Crippen LogP contribution in [0.5, 0.6) is 0 Å². The summed E-state index contributed by atoms with van der Waals surface area (Å²) in [5.74, 6) is -4.58. The van der Waals surface area contributed by atoms with E-state index in [2.05, 4.69) is 53.2 Å². The summed E-state index contributed by atoms with van der Waals surface area (Å²) in [7, 11) is 0. The number of carbonyl (C=O) groups excluding carboxylic acids is 10. The molecule has 3 fully saturated rings. The highest BCUT2D eigenvalue weighted by Crippen LogP contribution is 2.26. The predicted molar refractivity (Wildman–Crippen MR) is 398 cm³/mol. The van der Waals surface area contributed by atoms with Crippen molar-refractivity contribution in [3.05, 3.63) is 0 Å². The zero-order valence-corrected chi connectivity index (χ0v) is 65.7. The van der Waals surface area contributed by atoms with Crippen molar-refractivity contribution >= 4 is 65.0 Å². The molecule has 0 bridgehead atoms. The number of aliphatic hydroxyl groups is 9. The third-order valence-corrected chi connectivity index (χ3v) is 18.5. The fourth-order valence-electron chi connectivity index (χ4n) is 12.3. The van der Waals surface area contributed by atoms with Crippen LogP contribution < -0.4 is 53.2 Å². The molecule has 652 valence electrons. The molecule has 9 unspecified atom stereocenters. The molecular formula is C73H130N10O30. The average molecular weight is 1630 g/mol. The zero-order chi connectivity index (χ0) is 83.4. The first-order chi connectivity index (χ1) is 54.1. The summed E-state index contributed by atoms with van der Waals surface area (Å²) in [5.41, 5.74) is -1.42. The molecule has 0 radical (unpaired) electrons. The molecule has 0 aromatic rings. The van der Waals surface area contributed by atoms with Gasteiger partial charge in [0.1, 0.15) is 78.6 Å². The van der Waals surface area contributed by atoms with Gasteiger partial charge in [-0.2, -0.15) is 0 Å². The Kier molecular flexibility index (Phi) is 52.7. The van der Waals surface area contributed by atoms with Crippen LogP contribution in [0.15, 0.2) is 0 Å². The Morgan fingerprint density at radius 1 is 0.310 bits per heavy atom. The lowest BCUT2D eigenvalue weighted by Gasteiger charge is -2.42. The highest BCUT2D eigenvalue weighted by atomic mass is 16.7. The Morgan fingerprint density at radius 2 is 0.558 bits per heavy atom. The number of aliphatic hydroxyl groups excluding tert-OH is 9. The number of rotatable bonds is 63. The van der Waals surface area contributed by atoms with Crippen LogP contribution in [0.3, 0.4) is 0 Å². The van der Waals surface area contributed by atoms with Gasteiger partial charge in [0.2, 0.25) is 59.1 Å². The maximum Gasteiger partial charge on any atom is 0.303 e. The number of carbonyl (C=O) groups is 11. The number of nitrogens with one attached hydrogen (secondary N) is 10. The second-order valence-corrected chi connectivity index (χ2v) is 28.4. The third-order valence-electron chi connectivity index (χ3n) is 18.5. The van der Waals surface area contributed by atoms with E-state index in [-0.39, 0.29) is 191 Å². The van der Waals surface area contributed by atoms with Gasteiger partial charge < -0.3 is 147 Å². The van der Waals surface area contributed by atoms with Crippen molar-refractivity contribution in [1.29, 1.82) is 0 Å². The molecule has 0 aromatic carbocycles. The van der Waals surface area contributed by atoms with Crippen molar-refractivity contribution in [2.45, 2.75) is 279 Å². The molecule has 40 heteroatoms. The quantitative estimate of drug-likeness (QED) is 0.0255. The van der Waals surface area contributed by atoms with Gasteiger partial charge in [-0.25, -0.2) is 0 Å². The van der Waals surface area contributed by atoms with Crippen molar-refractivity contribution in [3.63, 3.8) is 0 Å². The normalized spacial score (nSPS) is 24.0. The monoisotopic (exact) mass is 1630 g/mol. The summed E-state index contributed by atoms with van der Waals surface area (Å²) in [5, 5.41) is 127. The van der Waals surface area contributed by atoms with Crippen LogP contribution in [0.2, 0.25) is 0 Å². The van der Waals surface area contributed by atoms with Crippen LogP contribution in [0.1, 0.15) is 181 Å². The summed E-state index contributed by atoms with van der Waals surface area (Å²) in [4.78, 5) is 137. The van der Waals surface area contributed by atoms with Gasteiger partial charge in [-0.15, -0.1) is 0 Å². The summed E-state index contributed by atoms with van der Waals surface area (Å²) < 4.78 is 52.0. The van der Waals surface area contributed by atoms with Gasteiger partial charge in [-0.05, 0) is 70.6 Å². The molecule has 15 atom stereocenters. The first-order valence-corrected chi connectivity index (χ1v) is 39.5. The fourth-order valence-corrected chi connectivity index (χ4v) is 12.3. The number of unbranched alkanes of at least 4 members (excludes halogenated alkanes) is 10. The van der Waals surface area contributed by atoms with Gasteiger partial charge in [0.15, 0.2) is 18.9 Å². The topological polar surface area (TPSA) is 593 Å². The second kappa shape index (κ2) is 59.2. The highest BCUT2D eigenvalue weighted by Gasteiger charge is 2.48. The van der Waals surface area contributed by atoms with Crippen LogP contribution in [-0.2, 0) is 95.4 Å². The summed E-state index contributed by atoms with van der Waals surface area (Å²) in [6.45, 7) is 2.33. The van der Waals surface area contributed by atoms with Crippen LogP contribution in [0, 0.1) is 0 Å². The van der Waals surface area contributed by atoms with E-state index in [9.17, 15) is 98.7 Å². The molecule has 3 aliphatic rings. The van der Waals surface area contributed by atoms with Crippen molar-refractivity contribution < 1.29 is 146 Å². The summed E-state index contributed by atoms with van der Waals surface area (Å²) in [6, 6.07) is -3.29. The lowest BCUT2D eigenvalue weighted by atomic mass is 9.97. The van der Waals surface area contributed by atoms with Gasteiger partial charge in [0, 0.05) is 131 Å². The maximum atomic E-state index is 13.9. The molecule has 0 saturated carbocycles. The molecule has 3 aliphatic heterocycles. The molecule has 3 rings (SSSR count). The van der Waals surface area contributed by atoms with Gasteiger partial charge in [0.25, 0.3) is 0 Å². The Bertz CT molecular complexity index is 2530. The van der Waals surface area contributed by atoms with Gasteiger partial charge in [-0.3, -0.25) is 52.7 Å². The number of ether oxygens (including phenoxy) is 9. The van der Waals surface area contributed by atoms with Crippen LogP contribution in [0.4, 0.5) is 0 Å². The number of carboxylic acid groups (broad SMARTS) is 1. The van der Waals surface area contributed by atoms with Crippen LogP contribution in [-0.4, -0.2) is 332 Å². The van der Waals surface area contributed by atoms with E-state index in [0.717, 1.165) is 38.5 Å². The first kappa shape index (κ1) is 101. The van der Waals surface area contributed by atoms with Gasteiger partial charge in [-0.1, -0.05) is 38.5 Å². The van der Waals surface area contributed by atoms with Crippen molar-refractivity contribution in [1.82, 2.24) is 53.2 Å². The third kappa shape index (κ3) is 43.3.